The second kappa shape index (κ2) is 49.7. The van der Waals surface area contributed by atoms with E-state index in [2.05, 4.69) is 136 Å². The van der Waals surface area contributed by atoms with Crippen LogP contribution in [0.4, 0.5) is 0 Å². The van der Waals surface area contributed by atoms with Crippen LogP contribution in [0, 0.1) is 0 Å². The van der Waals surface area contributed by atoms with Crippen molar-refractivity contribution in [1.29, 1.82) is 0 Å². The Kier molecular flexibility index (Phi) is 45.0. The standard InChI is InChI=1S/C63H96O12/c1-4-7-10-13-16-19-22-25-27-28-30-32-34-37-40-43-46-49-55(64)71-52-54(73-56(65)50-47-44-41-38-36-33-29-26-23-20-17-14-11-8-5-2)53-72-63-61(59(68)58(67)60(75-63)62(69)70)74-57(66)51-48-45-42-39-35-31-24-21-18-15-12-9-6-3/h7-12,16-21,25-27,29,31,35-36,38,42,45,54,58-61,63,67-68H,4-6,13-15,22-24,28,30,32-34,37,39-41,43-44,46-53H2,1-3H3,(H,69,70)/b10-7-,11-8-,12-9-,19-16-,20-17-,21-18-,27-25-,29-26-,35-31-,38-36-,45-42-. The number of carbonyl (C=O) groups excluding carboxylic acids is 3. The topological polar surface area (TPSA) is 175 Å². The zero-order valence-electron chi connectivity index (χ0n) is 46.0. The van der Waals surface area contributed by atoms with Crippen LogP contribution < -0.4 is 0 Å². The molecule has 0 aromatic rings. The third-order valence-corrected chi connectivity index (χ3v) is 11.7. The van der Waals surface area contributed by atoms with Crippen LogP contribution in [0.25, 0.3) is 0 Å². The van der Waals surface area contributed by atoms with Crippen LogP contribution in [0.1, 0.15) is 188 Å². The molecule has 6 unspecified atom stereocenters. The Hall–Kier alpha value is -5.14. The average Bonchev–Trinajstić information content (AvgIpc) is 3.39. The van der Waals surface area contributed by atoms with Gasteiger partial charge in [0.25, 0.3) is 0 Å². The predicted molar refractivity (Wildman–Crippen MR) is 303 cm³/mol. The quantitative estimate of drug-likeness (QED) is 0.0228. The van der Waals surface area contributed by atoms with Crippen molar-refractivity contribution in [2.75, 3.05) is 13.2 Å². The number of ether oxygens (including phenoxy) is 5. The van der Waals surface area contributed by atoms with Crippen LogP contribution in [0.15, 0.2) is 134 Å². The van der Waals surface area contributed by atoms with Crippen molar-refractivity contribution < 1.29 is 58.2 Å². The van der Waals surface area contributed by atoms with E-state index in [1.807, 2.05) is 18.2 Å². The van der Waals surface area contributed by atoms with Gasteiger partial charge in [0.1, 0.15) is 18.8 Å². The Morgan fingerprint density at radius 2 is 0.827 bits per heavy atom. The Morgan fingerprint density at radius 1 is 0.440 bits per heavy atom. The first-order chi connectivity index (χ1) is 36.6. The molecule has 0 aliphatic carbocycles. The molecule has 3 N–H and O–H groups in total. The number of carboxylic acid groups (broad SMARTS) is 1. The second-order valence-corrected chi connectivity index (χ2v) is 18.4. The van der Waals surface area contributed by atoms with Gasteiger partial charge in [-0.25, -0.2) is 4.79 Å². The zero-order chi connectivity index (χ0) is 54.7. The van der Waals surface area contributed by atoms with Gasteiger partial charge in [-0.3, -0.25) is 14.4 Å². The van der Waals surface area contributed by atoms with E-state index in [1.165, 1.54) is 0 Å². The number of aliphatic hydroxyl groups excluding tert-OH is 2. The molecule has 1 aliphatic heterocycles. The number of carboxylic acids is 1. The Labute approximate surface area is 451 Å². The molecule has 12 heteroatoms. The Bertz CT molecular complexity index is 1810. The number of esters is 3. The SMILES string of the molecule is CC/C=C\C/C=C\C/C=C\C/C=C\CCCCC(=O)OC(COC(=O)CCCCCCCCC/C=C\C/C=C\C/C=C\CC)COC1OC(C(=O)O)C(O)C(O)C1OC(=O)CC/C=C\C/C=C\C/C=C\C/C=C\CC. The minimum atomic E-state index is -1.94. The van der Waals surface area contributed by atoms with Crippen LogP contribution in [-0.4, -0.2) is 89.2 Å². The lowest BCUT2D eigenvalue weighted by atomic mass is 9.98. The van der Waals surface area contributed by atoms with Gasteiger partial charge in [0.05, 0.1) is 6.61 Å². The number of allylic oxidation sites excluding steroid dienone is 22. The van der Waals surface area contributed by atoms with E-state index in [9.17, 15) is 34.5 Å². The molecule has 12 nitrogen and oxygen atoms in total. The molecule has 420 valence electrons. The second-order valence-electron chi connectivity index (χ2n) is 18.4. The Morgan fingerprint density at radius 3 is 1.29 bits per heavy atom. The highest BCUT2D eigenvalue weighted by Crippen LogP contribution is 2.26. The summed E-state index contributed by atoms with van der Waals surface area (Å²) in [6, 6.07) is 0. The van der Waals surface area contributed by atoms with Crippen molar-refractivity contribution in [3.63, 3.8) is 0 Å². The number of hydrogen-bond acceptors (Lipinski definition) is 11. The van der Waals surface area contributed by atoms with Crippen LogP contribution in [-0.2, 0) is 42.9 Å². The summed E-state index contributed by atoms with van der Waals surface area (Å²) in [4.78, 5) is 51.0. The number of aliphatic carboxylic acids is 1. The van der Waals surface area contributed by atoms with Crippen LogP contribution in [0.3, 0.4) is 0 Å². The maximum atomic E-state index is 13.1. The number of rotatable bonds is 45. The molecule has 75 heavy (non-hydrogen) atoms. The molecule has 1 heterocycles. The number of aliphatic hydroxyl groups is 2. The third kappa shape index (κ3) is 39.9. The van der Waals surface area contributed by atoms with E-state index >= 15 is 0 Å². The van der Waals surface area contributed by atoms with Crippen LogP contribution >= 0.6 is 0 Å². The smallest absolute Gasteiger partial charge is 0.335 e. The lowest BCUT2D eigenvalue weighted by Crippen LogP contribution is -2.61. The summed E-state index contributed by atoms with van der Waals surface area (Å²) >= 11 is 0. The number of carbonyl (C=O) groups is 4. The van der Waals surface area contributed by atoms with Crippen molar-refractivity contribution in [1.82, 2.24) is 0 Å². The Balaban J connectivity index is 2.78. The molecule has 0 saturated carbocycles. The van der Waals surface area contributed by atoms with Gasteiger partial charge in [0.2, 0.25) is 0 Å². The van der Waals surface area contributed by atoms with E-state index in [0.29, 0.717) is 25.7 Å². The fourth-order valence-corrected chi connectivity index (χ4v) is 7.50. The first-order valence-corrected chi connectivity index (χ1v) is 28.2. The summed E-state index contributed by atoms with van der Waals surface area (Å²) < 4.78 is 28.2. The molecule has 0 aromatic carbocycles. The molecule has 0 aromatic heterocycles. The highest BCUT2D eigenvalue weighted by atomic mass is 16.7. The van der Waals surface area contributed by atoms with Gasteiger partial charge in [0, 0.05) is 19.3 Å². The maximum Gasteiger partial charge on any atom is 0.335 e. The zero-order valence-corrected chi connectivity index (χ0v) is 46.0. The summed E-state index contributed by atoms with van der Waals surface area (Å²) in [5.74, 6) is -3.32. The molecule has 0 spiro atoms. The van der Waals surface area contributed by atoms with Gasteiger partial charge in [-0.05, 0) is 116 Å². The van der Waals surface area contributed by atoms with Gasteiger partial charge in [-0.1, -0.05) is 187 Å². The fourth-order valence-electron chi connectivity index (χ4n) is 7.50. The highest BCUT2D eigenvalue weighted by molar-refractivity contribution is 5.74. The summed E-state index contributed by atoms with van der Waals surface area (Å²) in [6.45, 7) is 5.54. The summed E-state index contributed by atoms with van der Waals surface area (Å²) in [6.07, 6.45) is 57.3. The van der Waals surface area contributed by atoms with E-state index in [-0.39, 0.29) is 25.9 Å². The molecule has 0 radical (unpaired) electrons. The lowest BCUT2D eigenvalue weighted by molar-refractivity contribution is -0.301. The van der Waals surface area contributed by atoms with Crippen molar-refractivity contribution in [3.05, 3.63) is 134 Å². The van der Waals surface area contributed by atoms with Crippen molar-refractivity contribution in [2.24, 2.45) is 0 Å². The first-order valence-electron chi connectivity index (χ1n) is 28.2. The molecule has 1 aliphatic rings. The van der Waals surface area contributed by atoms with Crippen molar-refractivity contribution >= 4 is 23.9 Å². The summed E-state index contributed by atoms with van der Waals surface area (Å²) in [5, 5.41) is 31.4. The third-order valence-electron chi connectivity index (χ3n) is 11.7. The first kappa shape index (κ1) is 67.9. The minimum Gasteiger partial charge on any atom is -0.479 e. The molecule has 0 amide bonds. The molecule has 0 bridgehead atoms. The number of hydrogen-bond donors (Lipinski definition) is 3. The van der Waals surface area contributed by atoms with Gasteiger partial charge in [0.15, 0.2) is 24.6 Å². The van der Waals surface area contributed by atoms with E-state index < -0.39 is 67.3 Å². The largest absolute Gasteiger partial charge is 0.479 e. The van der Waals surface area contributed by atoms with Crippen molar-refractivity contribution in [3.8, 4) is 0 Å². The molecular weight excluding hydrogens is 949 g/mol. The fraction of sp³-hybridized carbons (Fsp3) is 0.587. The van der Waals surface area contributed by atoms with E-state index in [4.69, 9.17) is 23.7 Å². The van der Waals surface area contributed by atoms with E-state index in [1.54, 1.807) is 0 Å². The molecule has 6 atom stereocenters. The number of unbranched alkanes of at least 4 members (excludes halogenated alkanes) is 9. The summed E-state index contributed by atoms with van der Waals surface area (Å²) in [5.41, 5.74) is 0. The van der Waals surface area contributed by atoms with Gasteiger partial charge >= 0.3 is 23.9 Å². The highest BCUT2D eigenvalue weighted by Gasteiger charge is 2.50. The van der Waals surface area contributed by atoms with Gasteiger partial charge in [-0.15, -0.1) is 0 Å². The minimum absolute atomic E-state index is 0.0741. The van der Waals surface area contributed by atoms with Crippen LogP contribution in [0.2, 0.25) is 0 Å². The molecule has 1 rings (SSSR count). The normalized spacial score (nSPS) is 19.2. The average molecular weight is 1050 g/mol. The van der Waals surface area contributed by atoms with Gasteiger partial charge in [-0.2, -0.15) is 0 Å². The summed E-state index contributed by atoms with van der Waals surface area (Å²) in [7, 11) is 0. The molecule has 1 saturated heterocycles. The van der Waals surface area contributed by atoms with Gasteiger partial charge < -0.3 is 39.0 Å². The lowest BCUT2D eigenvalue weighted by Gasteiger charge is -2.40. The maximum absolute atomic E-state index is 13.1. The van der Waals surface area contributed by atoms with Crippen LogP contribution in [0.5, 0.6) is 0 Å². The monoisotopic (exact) mass is 1040 g/mol. The molecular formula is C63H96O12. The molecule has 1 fully saturated rings. The van der Waals surface area contributed by atoms with Crippen molar-refractivity contribution in [2.45, 2.75) is 225 Å². The van der Waals surface area contributed by atoms with E-state index in [0.717, 1.165) is 122 Å². The predicted octanol–water partition coefficient (Wildman–Crippen LogP) is 14.2.